The lowest BCUT2D eigenvalue weighted by molar-refractivity contribution is -0.146. The number of benzene rings is 1. The van der Waals surface area contributed by atoms with E-state index in [-0.39, 0.29) is 41.0 Å². The predicted molar refractivity (Wildman–Crippen MR) is 118 cm³/mol. The highest BCUT2D eigenvalue weighted by molar-refractivity contribution is 5.76. The Hall–Kier alpha value is -1.43. The summed E-state index contributed by atoms with van der Waals surface area (Å²) in [5, 5.41) is 0. The fourth-order valence-electron chi connectivity index (χ4n) is 7.69. The van der Waals surface area contributed by atoms with Crippen LogP contribution in [0.5, 0.6) is 0 Å². The van der Waals surface area contributed by atoms with Gasteiger partial charge in [-0.15, -0.1) is 0 Å². The summed E-state index contributed by atoms with van der Waals surface area (Å²) in [5.41, 5.74) is 1.56. The van der Waals surface area contributed by atoms with Crippen molar-refractivity contribution in [2.24, 2.45) is 23.2 Å². The van der Waals surface area contributed by atoms with Crippen LogP contribution >= 0.6 is 0 Å². The zero-order valence-corrected chi connectivity index (χ0v) is 19.0. The van der Waals surface area contributed by atoms with E-state index in [1.54, 1.807) is 0 Å². The maximum absolute atomic E-state index is 13.0. The van der Waals surface area contributed by atoms with E-state index in [9.17, 15) is 4.79 Å². The third-order valence-corrected chi connectivity index (χ3v) is 9.36. The number of carbonyl (C=O) groups excluding carboxylic acids is 1. The number of fused-ring (bicyclic) bond motifs is 2. The van der Waals surface area contributed by atoms with Crippen LogP contribution in [0.4, 0.5) is 0 Å². The quantitative estimate of drug-likeness (QED) is 0.548. The molecular formula is C26H36N2O3. The Bertz CT molecular complexity index is 838. The first-order chi connectivity index (χ1) is 15.0. The normalized spacial score (nSPS) is 44.8. The summed E-state index contributed by atoms with van der Waals surface area (Å²) in [6.07, 6.45) is 5.02. The van der Waals surface area contributed by atoms with Crippen LogP contribution in [-0.4, -0.2) is 66.3 Å². The SMILES string of the molecule is C[C@H]1CCC[C@]2(C)C[C@H]3OC(=O)C(CN4CCN(Cc5ccccc5)CC4)[C@H]3[C@@H]3O[C@@]132. The molecule has 1 aromatic rings. The van der Waals surface area contributed by atoms with Crippen LogP contribution in [0.25, 0.3) is 0 Å². The van der Waals surface area contributed by atoms with Gasteiger partial charge in [-0.05, 0) is 30.7 Å². The molecule has 2 aliphatic carbocycles. The van der Waals surface area contributed by atoms with Crippen molar-refractivity contribution in [1.29, 1.82) is 0 Å². The molecule has 1 unspecified atom stereocenters. The number of carbonyl (C=O) groups is 1. The van der Waals surface area contributed by atoms with Crippen LogP contribution in [0.1, 0.15) is 45.1 Å². The first-order valence-electron chi connectivity index (χ1n) is 12.4. The lowest BCUT2D eigenvalue weighted by Crippen LogP contribution is -2.55. The average Bonchev–Trinajstić information content (AvgIpc) is 3.45. The highest BCUT2D eigenvalue weighted by atomic mass is 16.6. The molecule has 0 radical (unpaired) electrons. The van der Waals surface area contributed by atoms with Crippen molar-refractivity contribution in [3.63, 3.8) is 0 Å². The van der Waals surface area contributed by atoms with Gasteiger partial charge in [0.05, 0.1) is 12.0 Å². The van der Waals surface area contributed by atoms with Crippen molar-refractivity contribution in [2.75, 3.05) is 32.7 Å². The molecule has 0 amide bonds. The fourth-order valence-corrected chi connectivity index (χ4v) is 7.69. The van der Waals surface area contributed by atoms with E-state index in [1.165, 1.54) is 24.8 Å². The molecule has 0 N–H and O–H groups in total. The number of piperazine rings is 1. The minimum Gasteiger partial charge on any atom is -0.462 e. The standard InChI is InChI=1S/C26H36N2O3/c1-18-7-6-10-25(2)15-21-22(23-26(18,25)31-23)20(24(29)30-21)17-28-13-11-27(12-14-28)16-19-8-4-3-5-9-19/h3-5,8-9,18,20-23H,6-7,10-17H2,1-2H3/t18-,20?,21+,22+,23-,25+,26-/m0/s1. The van der Waals surface area contributed by atoms with Gasteiger partial charge >= 0.3 is 5.97 Å². The smallest absolute Gasteiger partial charge is 0.311 e. The monoisotopic (exact) mass is 424 g/mol. The Morgan fingerprint density at radius 3 is 2.61 bits per heavy atom. The van der Waals surface area contributed by atoms with Gasteiger partial charge in [-0.25, -0.2) is 0 Å². The molecule has 2 saturated carbocycles. The van der Waals surface area contributed by atoms with Gasteiger partial charge in [-0.1, -0.05) is 50.6 Å². The highest BCUT2D eigenvalue weighted by Crippen LogP contribution is 2.70. The van der Waals surface area contributed by atoms with Gasteiger partial charge in [0.15, 0.2) is 0 Å². The van der Waals surface area contributed by atoms with E-state index in [2.05, 4.69) is 54.0 Å². The fraction of sp³-hybridized carbons (Fsp3) is 0.731. The zero-order chi connectivity index (χ0) is 21.2. The average molecular weight is 425 g/mol. The Balaban J connectivity index is 1.11. The highest BCUT2D eigenvalue weighted by Gasteiger charge is 2.78. The van der Waals surface area contributed by atoms with E-state index >= 15 is 0 Å². The molecule has 1 aromatic carbocycles. The van der Waals surface area contributed by atoms with Gasteiger partial charge in [-0.3, -0.25) is 14.6 Å². The van der Waals surface area contributed by atoms with Gasteiger partial charge < -0.3 is 9.47 Å². The van der Waals surface area contributed by atoms with Crippen molar-refractivity contribution in [3.8, 4) is 0 Å². The largest absolute Gasteiger partial charge is 0.462 e. The molecule has 6 rings (SSSR count). The van der Waals surface area contributed by atoms with Gasteiger partial charge in [0, 0.05) is 50.6 Å². The van der Waals surface area contributed by atoms with E-state index in [0.717, 1.165) is 45.7 Å². The summed E-state index contributed by atoms with van der Waals surface area (Å²) in [5.74, 6) is 0.856. The van der Waals surface area contributed by atoms with Crippen LogP contribution in [-0.2, 0) is 20.8 Å². The van der Waals surface area contributed by atoms with Crippen molar-refractivity contribution >= 4 is 5.97 Å². The van der Waals surface area contributed by atoms with Gasteiger partial charge in [0.2, 0.25) is 0 Å². The zero-order valence-electron chi connectivity index (χ0n) is 19.0. The van der Waals surface area contributed by atoms with Crippen LogP contribution in [0.3, 0.4) is 0 Å². The first kappa shape index (κ1) is 20.2. The lowest BCUT2D eigenvalue weighted by Gasteiger charge is -2.49. The molecule has 0 bridgehead atoms. The van der Waals surface area contributed by atoms with E-state index in [1.807, 2.05) is 0 Å². The number of ether oxygens (including phenoxy) is 2. The summed E-state index contributed by atoms with van der Waals surface area (Å²) < 4.78 is 12.6. The van der Waals surface area contributed by atoms with Crippen LogP contribution in [0.2, 0.25) is 0 Å². The Kier molecular flexibility index (Phi) is 4.75. The third-order valence-electron chi connectivity index (χ3n) is 9.36. The molecule has 1 spiro atoms. The molecule has 168 valence electrons. The molecule has 31 heavy (non-hydrogen) atoms. The van der Waals surface area contributed by atoms with Crippen molar-refractivity contribution in [2.45, 2.75) is 63.9 Å². The number of nitrogens with zero attached hydrogens (tertiary/aromatic N) is 2. The van der Waals surface area contributed by atoms with E-state index in [4.69, 9.17) is 9.47 Å². The molecular weight excluding hydrogens is 388 g/mol. The Morgan fingerprint density at radius 2 is 1.84 bits per heavy atom. The summed E-state index contributed by atoms with van der Waals surface area (Å²) in [7, 11) is 0. The molecule has 3 aliphatic heterocycles. The maximum Gasteiger partial charge on any atom is 0.311 e. The van der Waals surface area contributed by atoms with E-state index in [0.29, 0.717) is 5.92 Å². The molecule has 3 saturated heterocycles. The second-order valence-corrected chi connectivity index (χ2v) is 11.1. The minimum atomic E-state index is -0.0197. The summed E-state index contributed by atoms with van der Waals surface area (Å²) in [4.78, 5) is 18.0. The number of hydrogen-bond acceptors (Lipinski definition) is 5. The van der Waals surface area contributed by atoms with Crippen LogP contribution in [0.15, 0.2) is 30.3 Å². The summed E-state index contributed by atoms with van der Waals surface area (Å²) in [6.45, 7) is 10.8. The van der Waals surface area contributed by atoms with Crippen LogP contribution < -0.4 is 0 Å². The van der Waals surface area contributed by atoms with Crippen LogP contribution in [0, 0.1) is 23.2 Å². The minimum absolute atomic E-state index is 0.00697. The van der Waals surface area contributed by atoms with Crippen molar-refractivity contribution < 1.29 is 14.3 Å². The Morgan fingerprint density at radius 1 is 1.10 bits per heavy atom. The molecule has 5 nitrogen and oxygen atoms in total. The molecule has 7 atom stereocenters. The van der Waals surface area contributed by atoms with Gasteiger partial charge in [0.1, 0.15) is 11.7 Å². The first-order valence-corrected chi connectivity index (χ1v) is 12.4. The molecule has 0 aromatic heterocycles. The molecule has 5 fully saturated rings. The number of rotatable bonds is 4. The van der Waals surface area contributed by atoms with Crippen molar-refractivity contribution in [1.82, 2.24) is 9.80 Å². The predicted octanol–water partition coefficient (Wildman–Crippen LogP) is 3.33. The van der Waals surface area contributed by atoms with E-state index < -0.39 is 0 Å². The molecule has 3 heterocycles. The topological polar surface area (TPSA) is 45.3 Å². The lowest BCUT2D eigenvalue weighted by atomic mass is 9.53. The second kappa shape index (κ2) is 7.29. The van der Waals surface area contributed by atoms with Crippen molar-refractivity contribution in [3.05, 3.63) is 35.9 Å². The number of epoxide rings is 1. The second-order valence-electron chi connectivity index (χ2n) is 11.1. The summed E-state index contributed by atoms with van der Waals surface area (Å²) in [6, 6.07) is 10.7. The summed E-state index contributed by atoms with van der Waals surface area (Å²) >= 11 is 0. The third kappa shape index (κ3) is 3.11. The number of hydrogen-bond donors (Lipinski definition) is 0. The number of esters is 1. The van der Waals surface area contributed by atoms with Gasteiger partial charge in [0.25, 0.3) is 0 Å². The van der Waals surface area contributed by atoms with Gasteiger partial charge in [-0.2, -0.15) is 0 Å². The molecule has 5 heteroatoms. The molecule has 5 aliphatic rings. The Labute approximate surface area is 186 Å². The maximum atomic E-state index is 13.0.